The Balaban J connectivity index is 2.11. The molecular weight excluding hydrogens is 304 g/mol. The lowest BCUT2D eigenvalue weighted by molar-refractivity contribution is -0.478. The van der Waals surface area contributed by atoms with E-state index in [1.165, 1.54) is 30.1 Å². The van der Waals surface area contributed by atoms with Gasteiger partial charge >= 0.3 is 5.97 Å². The predicted octanol–water partition coefficient (Wildman–Crippen LogP) is 4.75. The zero-order chi connectivity index (χ0) is 18.0. The van der Waals surface area contributed by atoms with E-state index in [1.807, 2.05) is 13.0 Å². The normalized spacial score (nSPS) is 30.9. The van der Waals surface area contributed by atoms with E-state index < -0.39 is 11.6 Å². The molecule has 0 spiro atoms. The molecule has 0 aromatic rings. The number of aliphatic carboxylic acids is 1. The van der Waals surface area contributed by atoms with Crippen molar-refractivity contribution in [3.05, 3.63) is 47.1 Å². The van der Waals surface area contributed by atoms with Crippen LogP contribution in [0.1, 0.15) is 53.9 Å². The molecule has 0 aromatic carbocycles. The summed E-state index contributed by atoms with van der Waals surface area (Å²) in [5.74, 6) is -0.951. The summed E-state index contributed by atoms with van der Waals surface area (Å²) in [6.07, 6.45) is 12.4. The van der Waals surface area contributed by atoms with Crippen LogP contribution in [0.3, 0.4) is 0 Å². The van der Waals surface area contributed by atoms with Crippen molar-refractivity contribution in [3.8, 4) is 0 Å². The maximum absolute atomic E-state index is 10.7. The fraction of sp³-hybridized carbons (Fsp3) is 0.550. The van der Waals surface area contributed by atoms with E-state index in [-0.39, 0.29) is 11.5 Å². The molecule has 1 heterocycles. The molecule has 0 aromatic heterocycles. The van der Waals surface area contributed by atoms with Gasteiger partial charge in [-0.3, -0.25) is 0 Å². The van der Waals surface area contributed by atoms with Gasteiger partial charge in [0.15, 0.2) is 5.60 Å². The summed E-state index contributed by atoms with van der Waals surface area (Å²) in [6, 6.07) is 0. The second-order valence-corrected chi connectivity index (χ2v) is 7.63. The molecule has 2 atom stereocenters. The Kier molecular flexibility index (Phi) is 5.51. The first-order chi connectivity index (χ1) is 11.1. The molecule has 1 N–H and O–H groups in total. The lowest BCUT2D eigenvalue weighted by Gasteiger charge is -2.41. The molecule has 1 saturated heterocycles. The second-order valence-electron chi connectivity index (χ2n) is 7.63. The van der Waals surface area contributed by atoms with Crippen LogP contribution in [0.2, 0.25) is 0 Å². The smallest absolute Gasteiger partial charge is 0.328 e. The average Bonchev–Trinajstić information content (AvgIpc) is 2.44. The minimum Gasteiger partial charge on any atom is -0.478 e. The lowest BCUT2D eigenvalue weighted by atomic mass is 9.72. The SMILES string of the molecule is CC1=C(/C=C/C2(C)OOC2/C=C/C(C)=C/C(=O)O)C(C)(C)CCC1. The fourth-order valence-electron chi connectivity index (χ4n) is 3.34. The number of allylic oxidation sites excluding steroid dienone is 5. The highest BCUT2D eigenvalue weighted by atomic mass is 17.3. The van der Waals surface area contributed by atoms with E-state index in [1.54, 1.807) is 13.0 Å². The number of hydrogen-bond acceptors (Lipinski definition) is 3. The van der Waals surface area contributed by atoms with Crippen LogP contribution in [0.25, 0.3) is 0 Å². The molecule has 4 heteroatoms. The van der Waals surface area contributed by atoms with E-state index in [4.69, 9.17) is 14.9 Å². The van der Waals surface area contributed by atoms with Crippen molar-refractivity contribution in [2.75, 3.05) is 0 Å². The highest BCUT2D eigenvalue weighted by Crippen LogP contribution is 2.42. The van der Waals surface area contributed by atoms with Gasteiger partial charge in [0.2, 0.25) is 0 Å². The molecule has 1 fully saturated rings. The second kappa shape index (κ2) is 7.08. The summed E-state index contributed by atoms with van der Waals surface area (Å²) in [5.41, 5.74) is 3.15. The van der Waals surface area contributed by atoms with Crippen molar-refractivity contribution in [1.82, 2.24) is 0 Å². The molecule has 1 aliphatic carbocycles. The standard InChI is InChI=1S/C20H28O4/c1-14(13-18(21)22)8-9-17-20(5,24-23-17)12-10-16-15(2)7-6-11-19(16,3)4/h8-10,12-13,17H,6-7,11H2,1-5H3,(H,21,22)/b9-8+,12-10+,14-13+. The van der Waals surface area contributed by atoms with Gasteiger partial charge < -0.3 is 5.11 Å². The van der Waals surface area contributed by atoms with Crippen LogP contribution in [0, 0.1) is 5.41 Å². The Bertz CT molecular complexity index is 622. The van der Waals surface area contributed by atoms with Crippen molar-refractivity contribution in [1.29, 1.82) is 0 Å². The zero-order valence-electron chi connectivity index (χ0n) is 15.3. The first-order valence-electron chi connectivity index (χ1n) is 8.47. The number of carbonyl (C=O) groups is 1. The highest BCUT2D eigenvalue weighted by Gasteiger charge is 2.44. The van der Waals surface area contributed by atoms with Crippen molar-refractivity contribution in [2.24, 2.45) is 5.41 Å². The van der Waals surface area contributed by atoms with Crippen LogP contribution in [-0.4, -0.2) is 22.8 Å². The summed E-state index contributed by atoms with van der Waals surface area (Å²) >= 11 is 0. The lowest BCUT2D eigenvalue weighted by Crippen LogP contribution is -2.51. The van der Waals surface area contributed by atoms with E-state index in [0.29, 0.717) is 5.57 Å². The van der Waals surface area contributed by atoms with Gasteiger partial charge in [-0.1, -0.05) is 31.6 Å². The van der Waals surface area contributed by atoms with E-state index in [9.17, 15) is 4.79 Å². The third kappa shape index (κ3) is 4.25. The van der Waals surface area contributed by atoms with Gasteiger partial charge in [-0.2, -0.15) is 0 Å². The molecular formula is C20H28O4. The molecule has 24 heavy (non-hydrogen) atoms. The van der Waals surface area contributed by atoms with Crippen LogP contribution in [0.5, 0.6) is 0 Å². The summed E-state index contributed by atoms with van der Waals surface area (Å²) < 4.78 is 0. The fourth-order valence-corrected chi connectivity index (χ4v) is 3.34. The Morgan fingerprint density at radius 1 is 1.33 bits per heavy atom. The number of rotatable bonds is 5. The molecule has 2 unspecified atom stereocenters. The largest absolute Gasteiger partial charge is 0.478 e. The first-order valence-corrected chi connectivity index (χ1v) is 8.47. The van der Waals surface area contributed by atoms with E-state index in [0.717, 1.165) is 6.42 Å². The minimum atomic E-state index is -0.951. The topological polar surface area (TPSA) is 55.8 Å². The van der Waals surface area contributed by atoms with Gasteiger partial charge in [-0.25, -0.2) is 14.6 Å². The maximum atomic E-state index is 10.7. The van der Waals surface area contributed by atoms with Crippen molar-refractivity contribution in [2.45, 2.75) is 65.6 Å². The molecule has 0 saturated carbocycles. The molecule has 1 aliphatic heterocycles. The Morgan fingerprint density at radius 3 is 2.58 bits per heavy atom. The molecule has 0 radical (unpaired) electrons. The van der Waals surface area contributed by atoms with Gasteiger partial charge in [-0.05, 0) is 68.7 Å². The number of carboxylic acids is 1. The van der Waals surface area contributed by atoms with Gasteiger partial charge in [0.05, 0.1) is 0 Å². The number of carboxylic acid groups (broad SMARTS) is 1. The molecule has 4 nitrogen and oxygen atoms in total. The molecule has 2 rings (SSSR count). The third-order valence-corrected chi connectivity index (χ3v) is 4.90. The average molecular weight is 332 g/mol. The van der Waals surface area contributed by atoms with Gasteiger partial charge in [0, 0.05) is 6.08 Å². The summed E-state index contributed by atoms with van der Waals surface area (Å²) in [5, 5.41) is 8.74. The molecule has 0 bridgehead atoms. The van der Waals surface area contributed by atoms with Gasteiger partial charge in [-0.15, -0.1) is 0 Å². The van der Waals surface area contributed by atoms with Crippen LogP contribution in [0.4, 0.5) is 0 Å². The van der Waals surface area contributed by atoms with E-state index >= 15 is 0 Å². The molecule has 2 aliphatic rings. The van der Waals surface area contributed by atoms with Crippen LogP contribution in [0.15, 0.2) is 47.1 Å². The minimum absolute atomic E-state index is 0.186. The Labute approximate surface area is 144 Å². The maximum Gasteiger partial charge on any atom is 0.328 e. The zero-order valence-corrected chi connectivity index (χ0v) is 15.3. The van der Waals surface area contributed by atoms with Gasteiger partial charge in [0.25, 0.3) is 0 Å². The first kappa shape index (κ1) is 18.7. The summed E-state index contributed by atoms with van der Waals surface area (Å²) in [7, 11) is 0. The van der Waals surface area contributed by atoms with Crippen LogP contribution < -0.4 is 0 Å². The van der Waals surface area contributed by atoms with E-state index in [2.05, 4.69) is 32.9 Å². The third-order valence-electron chi connectivity index (χ3n) is 4.90. The van der Waals surface area contributed by atoms with Crippen molar-refractivity contribution in [3.63, 3.8) is 0 Å². The monoisotopic (exact) mass is 332 g/mol. The highest BCUT2D eigenvalue weighted by molar-refractivity contribution is 5.81. The van der Waals surface area contributed by atoms with Crippen LogP contribution in [-0.2, 0) is 14.6 Å². The predicted molar refractivity (Wildman–Crippen MR) is 94.4 cm³/mol. The van der Waals surface area contributed by atoms with Crippen LogP contribution >= 0.6 is 0 Å². The molecule has 132 valence electrons. The van der Waals surface area contributed by atoms with Crippen molar-refractivity contribution >= 4 is 5.97 Å². The van der Waals surface area contributed by atoms with Gasteiger partial charge in [0.1, 0.15) is 6.10 Å². The Hall–Kier alpha value is -1.65. The summed E-state index contributed by atoms with van der Waals surface area (Å²) in [6.45, 7) is 10.5. The molecule has 0 amide bonds. The van der Waals surface area contributed by atoms with Crippen molar-refractivity contribution < 1.29 is 19.7 Å². The quantitative estimate of drug-likeness (QED) is 0.448. The Morgan fingerprint density at radius 2 is 2.04 bits per heavy atom. The summed E-state index contributed by atoms with van der Waals surface area (Å²) in [4.78, 5) is 21.2. The number of hydrogen-bond donors (Lipinski definition) is 1.